The minimum Gasteiger partial charge on any atom is -0.307 e. The van der Waals surface area contributed by atoms with Crippen molar-refractivity contribution in [2.24, 2.45) is 7.05 Å². The predicted molar refractivity (Wildman–Crippen MR) is 122 cm³/mol. The van der Waals surface area contributed by atoms with Gasteiger partial charge in [0.2, 0.25) is 0 Å². The molecule has 0 unspecified atom stereocenters. The molecule has 6 heteroatoms. The van der Waals surface area contributed by atoms with E-state index in [1.165, 1.54) is 5.56 Å². The number of carbonyl (C=O) groups excluding carboxylic acids is 1. The number of halogens is 1. The van der Waals surface area contributed by atoms with Crippen LogP contribution in [0.3, 0.4) is 0 Å². The quantitative estimate of drug-likeness (QED) is 0.454. The van der Waals surface area contributed by atoms with E-state index < -0.39 is 0 Å². The summed E-state index contributed by atoms with van der Waals surface area (Å²) in [4.78, 5) is 17.2. The van der Waals surface area contributed by atoms with E-state index in [0.29, 0.717) is 16.4 Å². The van der Waals surface area contributed by atoms with E-state index in [-0.39, 0.29) is 11.3 Å². The third-order valence-electron chi connectivity index (χ3n) is 5.10. The molecule has 0 aliphatic heterocycles. The van der Waals surface area contributed by atoms with E-state index in [0.717, 1.165) is 22.2 Å². The van der Waals surface area contributed by atoms with E-state index in [2.05, 4.69) is 60.4 Å². The number of aromatic nitrogens is 3. The third kappa shape index (κ3) is 3.94. The highest BCUT2D eigenvalue weighted by Gasteiger charge is 2.17. The molecule has 0 fully saturated rings. The Kier molecular flexibility index (Phi) is 5.08. The minimum atomic E-state index is -0.301. The Labute approximate surface area is 180 Å². The summed E-state index contributed by atoms with van der Waals surface area (Å²) in [6.07, 6.45) is 1.69. The Morgan fingerprint density at radius 1 is 1.07 bits per heavy atom. The van der Waals surface area contributed by atoms with Crippen LogP contribution < -0.4 is 5.32 Å². The first-order chi connectivity index (χ1) is 14.2. The van der Waals surface area contributed by atoms with Gasteiger partial charge < -0.3 is 5.32 Å². The maximum Gasteiger partial charge on any atom is 0.258 e. The first-order valence-electron chi connectivity index (χ1n) is 9.73. The Hall–Kier alpha value is -3.18. The number of hydrogen-bond acceptors (Lipinski definition) is 3. The van der Waals surface area contributed by atoms with Crippen LogP contribution in [0.15, 0.2) is 60.8 Å². The molecule has 4 rings (SSSR count). The third-order valence-corrected chi connectivity index (χ3v) is 5.42. The molecule has 152 valence electrons. The highest BCUT2D eigenvalue weighted by Crippen LogP contribution is 2.28. The maximum absolute atomic E-state index is 12.9. The second kappa shape index (κ2) is 7.58. The molecule has 0 aliphatic rings. The number of fused-ring (bicyclic) bond motifs is 1. The number of benzene rings is 2. The van der Waals surface area contributed by atoms with Crippen molar-refractivity contribution in [3.05, 3.63) is 76.9 Å². The van der Waals surface area contributed by atoms with Crippen molar-refractivity contribution >= 4 is 34.2 Å². The van der Waals surface area contributed by atoms with Crippen molar-refractivity contribution in [1.82, 2.24) is 14.8 Å². The Bertz CT molecular complexity index is 1240. The average molecular weight is 419 g/mol. The molecule has 0 saturated heterocycles. The van der Waals surface area contributed by atoms with E-state index in [1.54, 1.807) is 30.1 Å². The zero-order valence-corrected chi connectivity index (χ0v) is 18.2. The largest absolute Gasteiger partial charge is 0.307 e. The molecule has 4 aromatic rings. The minimum absolute atomic E-state index is 0.0930. The summed E-state index contributed by atoms with van der Waals surface area (Å²) in [7, 11) is 1.80. The van der Waals surface area contributed by atoms with Gasteiger partial charge in [-0.05, 0) is 29.2 Å². The van der Waals surface area contributed by atoms with Crippen LogP contribution in [-0.4, -0.2) is 20.7 Å². The SMILES string of the molecule is Cn1nc(-c2ccc(C(C)(C)C)cc2)cc1NC(=O)c1cc2ncccc2cc1Cl. The van der Waals surface area contributed by atoms with Crippen molar-refractivity contribution in [3.63, 3.8) is 0 Å². The summed E-state index contributed by atoms with van der Waals surface area (Å²) in [6, 6.07) is 17.4. The lowest BCUT2D eigenvalue weighted by Crippen LogP contribution is -2.15. The van der Waals surface area contributed by atoms with E-state index in [1.807, 2.05) is 18.2 Å². The molecule has 0 saturated carbocycles. The standard InChI is InChI=1S/C24H23ClN4O/c1-24(2,3)17-9-7-15(8-10-17)21-14-22(29(4)28-21)27-23(30)18-13-20-16(12-19(18)25)6-5-11-26-20/h5-14H,1-4H3,(H,27,30). The molecule has 30 heavy (non-hydrogen) atoms. The number of nitrogens with one attached hydrogen (secondary N) is 1. The molecular weight excluding hydrogens is 396 g/mol. The van der Waals surface area contributed by atoms with E-state index >= 15 is 0 Å². The molecule has 2 aromatic carbocycles. The first kappa shape index (κ1) is 20.1. The number of nitrogens with zero attached hydrogens (tertiary/aromatic N) is 3. The van der Waals surface area contributed by atoms with Gasteiger partial charge in [0.15, 0.2) is 0 Å². The normalized spacial score (nSPS) is 11.6. The Balaban J connectivity index is 1.60. The summed E-state index contributed by atoms with van der Waals surface area (Å²) in [5.41, 5.74) is 4.23. The highest BCUT2D eigenvalue weighted by atomic mass is 35.5. The molecule has 0 bridgehead atoms. The Morgan fingerprint density at radius 2 is 1.80 bits per heavy atom. The van der Waals surface area contributed by atoms with Gasteiger partial charge in [0.05, 0.1) is 21.8 Å². The molecule has 2 heterocycles. The van der Waals surface area contributed by atoms with Gasteiger partial charge >= 0.3 is 0 Å². The van der Waals surface area contributed by atoms with Gasteiger partial charge in [-0.15, -0.1) is 0 Å². The highest BCUT2D eigenvalue weighted by molar-refractivity contribution is 6.35. The first-order valence-corrected chi connectivity index (χ1v) is 10.1. The van der Waals surface area contributed by atoms with Crippen molar-refractivity contribution in [3.8, 4) is 11.3 Å². The van der Waals surface area contributed by atoms with Gasteiger partial charge in [-0.25, -0.2) is 0 Å². The molecule has 2 aromatic heterocycles. The van der Waals surface area contributed by atoms with Crippen LogP contribution in [0.5, 0.6) is 0 Å². The van der Waals surface area contributed by atoms with Crippen LogP contribution in [0, 0.1) is 0 Å². The van der Waals surface area contributed by atoms with Gasteiger partial charge in [0.25, 0.3) is 5.91 Å². The second-order valence-corrected chi connectivity index (χ2v) is 8.76. The molecule has 0 spiro atoms. The number of amides is 1. The van der Waals surface area contributed by atoms with Gasteiger partial charge in [0.1, 0.15) is 5.82 Å². The second-order valence-electron chi connectivity index (χ2n) is 8.35. The zero-order valence-electron chi connectivity index (χ0n) is 17.4. The summed E-state index contributed by atoms with van der Waals surface area (Å²) >= 11 is 6.35. The molecular formula is C24H23ClN4O. The molecule has 0 radical (unpaired) electrons. The molecule has 1 amide bonds. The van der Waals surface area contributed by atoms with E-state index in [9.17, 15) is 4.79 Å². The zero-order chi connectivity index (χ0) is 21.5. The van der Waals surface area contributed by atoms with Crippen molar-refractivity contribution < 1.29 is 4.79 Å². The molecule has 0 aliphatic carbocycles. The van der Waals surface area contributed by atoms with Gasteiger partial charge in [0, 0.05) is 30.3 Å². The van der Waals surface area contributed by atoms with Crippen LogP contribution in [-0.2, 0) is 12.5 Å². The number of anilines is 1. The number of aryl methyl sites for hydroxylation is 1. The number of hydrogen-bond donors (Lipinski definition) is 1. The summed E-state index contributed by atoms with van der Waals surface area (Å²) in [6.45, 7) is 6.55. The molecule has 5 nitrogen and oxygen atoms in total. The van der Waals surface area contributed by atoms with Crippen LogP contribution in [0.2, 0.25) is 5.02 Å². The lowest BCUT2D eigenvalue weighted by molar-refractivity contribution is 0.102. The Morgan fingerprint density at radius 3 is 2.50 bits per heavy atom. The van der Waals surface area contributed by atoms with Crippen LogP contribution in [0.25, 0.3) is 22.2 Å². The van der Waals surface area contributed by atoms with Gasteiger partial charge in [-0.2, -0.15) is 5.10 Å². The summed E-state index contributed by atoms with van der Waals surface area (Å²) in [5, 5.41) is 8.73. The topological polar surface area (TPSA) is 59.8 Å². The van der Waals surface area contributed by atoms with Crippen LogP contribution >= 0.6 is 11.6 Å². The van der Waals surface area contributed by atoms with Gasteiger partial charge in [-0.3, -0.25) is 14.5 Å². The van der Waals surface area contributed by atoms with Crippen molar-refractivity contribution in [2.45, 2.75) is 26.2 Å². The number of rotatable bonds is 3. The fourth-order valence-electron chi connectivity index (χ4n) is 3.32. The fourth-order valence-corrected chi connectivity index (χ4v) is 3.57. The molecule has 1 N–H and O–H groups in total. The molecule has 0 atom stereocenters. The maximum atomic E-state index is 12.9. The summed E-state index contributed by atoms with van der Waals surface area (Å²) < 4.78 is 1.65. The van der Waals surface area contributed by atoms with Crippen LogP contribution in [0.4, 0.5) is 5.82 Å². The summed E-state index contributed by atoms with van der Waals surface area (Å²) in [5.74, 6) is 0.289. The lowest BCUT2D eigenvalue weighted by Gasteiger charge is -2.18. The van der Waals surface area contributed by atoms with Crippen molar-refractivity contribution in [1.29, 1.82) is 0 Å². The van der Waals surface area contributed by atoms with E-state index in [4.69, 9.17) is 11.6 Å². The smallest absolute Gasteiger partial charge is 0.258 e. The fraction of sp³-hybridized carbons (Fsp3) is 0.208. The van der Waals surface area contributed by atoms with Crippen LogP contribution in [0.1, 0.15) is 36.7 Å². The number of pyridine rings is 1. The monoisotopic (exact) mass is 418 g/mol. The number of carbonyl (C=O) groups is 1. The van der Waals surface area contributed by atoms with Crippen molar-refractivity contribution in [2.75, 3.05) is 5.32 Å². The predicted octanol–water partition coefficient (Wildman–Crippen LogP) is 5.84. The lowest BCUT2D eigenvalue weighted by atomic mass is 9.86. The van der Waals surface area contributed by atoms with Gasteiger partial charge in [-0.1, -0.05) is 62.7 Å². The average Bonchev–Trinajstić information content (AvgIpc) is 3.07.